The highest BCUT2D eigenvalue weighted by Gasteiger charge is 2.26. The van der Waals surface area contributed by atoms with Crippen molar-refractivity contribution in [3.63, 3.8) is 0 Å². The van der Waals surface area contributed by atoms with Crippen molar-refractivity contribution < 1.29 is 23.9 Å². The summed E-state index contributed by atoms with van der Waals surface area (Å²) >= 11 is 0. The van der Waals surface area contributed by atoms with Crippen LogP contribution in [0.5, 0.6) is 0 Å². The maximum absolute atomic E-state index is 11.4. The number of carboxylic acids is 1. The Hall–Kier alpha value is -2.15. The van der Waals surface area contributed by atoms with Gasteiger partial charge in [0.1, 0.15) is 0 Å². The van der Waals surface area contributed by atoms with Gasteiger partial charge in [-0.2, -0.15) is 0 Å². The standard InChI is InChI=1S/C11H12N2O5/c14-8-2-1-7(10(15)13-8)12-5-6-3-4-18-9(6)11(16)17/h3-4,7,12H,1-2,5H2,(H,16,17)(H,13,14,15). The van der Waals surface area contributed by atoms with E-state index in [4.69, 9.17) is 9.52 Å². The number of aromatic carboxylic acids is 1. The van der Waals surface area contributed by atoms with Gasteiger partial charge in [-0.3, -0.25) is 14.9 Å². The van der Waals surface area contributed by atoms with E-state index in [1.807, 2.05) is 0 Å². The summed E-state index contributed by atoms with van der Waals surface area (Å²) in [6.07, 6.45) is 1.97. The molecule has 7 heteroatoms. The van der Waals surface area contributed by atoms with Gasteiger partial charge in [0, 0.05) is 18.5 Å². The minimum atomic E-state index is -1.15. The van der Waals surface area contributed by atoms with E-state index in [1.165, 1.54) is 12.3 Å². The average Bonchev–Trinajstić information content (AvgIpc) is 2.76. The third-order valence-corrected chi connectivity index (χ3v) is 2.72. The van der Waals surface area contributed by atoms with Crippen LogP contribution in [0.1, 0.15) is 29.0 Å². The fraction of sp³-hybridized carbons (Fsp3) is 0.364. The van der Waals surface area contributed by atoms with Gasteiger partial charge in [0.2, 0.25) is 17.6 Å². The van der Waals surface area contributed by atoms with Crippen molar-refractivity contribution in [2.24, 2.45) is 0 Å². The molecule has 2 amide bonds. The first-order valence-corrected chi connectivity index (χ1v) is 5.44. The third-order valence-electron chi connectivity index (χ3n) is 2.72. The van der Waals surface area contributed by atoms with Crippen molar-refractivity contribution in [1.29, 1.82) is 0 Å². The molecule has 96 valence electrons. The molecule has 1 unspecified atom stereocenters. The van der Waals surface area contributed by atoms with Gasteiger partial charge in [0.15, 0.2) is 0 Å². The van der Waals surface area contributed by atoms with E-state index >= 15 is 0 Å². The first kappa shape index (κ1) is 12.3. The molecule has 1 aromatic heterocycles. The van der Waals surface area contributed by atoms with Crippen molar-refractivity contribution in [2.45, 2.75) is 25.4 Å². The van der Waals surface area contributed by atoms with Gasteiger partial charge in [-0.25, -0.2) is 4.79 Å². The lowest BCUT2D eigenvalue weighted by Gasteiger charge is -2.21. The monoisotopic (exact) mass is 252 g/mol. The van der Waals surface area contributed by atoms with Crippen LogP contribution in [0, 0.1) is 0 Å². The molecule has 0 saturated carbocycles. The van der Waals surface area contributed by atoms with E-state index in [1.54, 1.807) is 0 Å². The fourth-order valence-electron chi connectivity index (χ4n) is 1.78. The van der Waals surface area contributed by atoms with E-state index < -0.39 is 12.0 Å². The summed E-state index contributed by atoms with van der Waals surface area (Å²) in [4.78, 5) is 33.2. The number of imide groups is 1. The lowest BCUT2D eigenvalue weighted by Crippen LogP contribution is -2.50. The molecule has 2 heterocycles. The van der Waals surface area contributed by atoms with E-state index in [9.17, 15) is 14.4 Å². The minimum Gasteiger partial charge on any atom is -0.475 e. The lowest BCUT2D eigenvalue weighted by atomic mass is 10.1. The SMILES string of the molecule is O=C1CCC(NCc2ccoc2C(=O)O)C(=O)N1. The molecule has 0 bridgehead atoms. The van der Waals surface area contributed by atoms with Crippen LogP contribution in [0.15, 0.2) is 16.7 Å². The molecule has 0 spiro atoms. The Balaban J connectivity index is 1.95. The molecule has 0 aromatic carbocycles. The van der Waals surface area contributed by atoms with Crippen molar-refractivity contribution in [1.82, 2.24) is 10.6 Å². The molecular weight excluding hydrogens is 240 g/mol. The van der Waals surface area contributed by atoms with Gasteiger partial charge in [-0.1, -0.05) is 0 Å². The van der Waals surface area contributed by atoms with Crippen molar-refractivity contribution in [2.75, 3.05) is 0 Å². The van der Waals surface area contributed by atoms with E-state index in [2.05, 4.69) is 10.6 Å². The van der Waals surface area contributed by atoms with Crippen LogP contribution in [-0.2, 0) is 16.1 Å². The predicted octanol–water partition coefficient (Wildman–Crippen LogP) is -0.127. The highest BCUT2D eigenvalue weighted by molar-refractivity contribution is 6.00. The first-order chi connectivity index (χ1) is 8.58. The number of piperidine rings is 1. The third kappa shape index (κ3) is 2.57. The largest absolute Gasteiger partial charge is 0.475 e. The molecule has 18 heavy (non-hydrogen) atoms. The molecule has 2 rings (SSSR count). The predicted molar refractivity (Wildman–Crippen MR) is 58.7 cm³/mol. The zero-order chi connectivity index (χ0) is 13.1. The Morgan fingerprint density at radius 3 is 3.00 bits per heavy atom. The summed E-state index contributed by atoms with van der Waals surface area (Å²) in [6.45, 7) is 0.199. The average molecular weight is 252 g/mol. The number of amides is 2. The summed E-state index contributed by atoms with van der Waals surface area (Å²) in [5.74, 6) is -1.96. The molecule has 0 aliphatic carbocycles. The maximum atomic E-state index is 11.4. The molecule has 1 fully saturated rings. The van der Waals surface area contributed by atoms with Crippen LogP contribution in [0.3, 0.4) is 0 Å². The van der Waals surface area contributed by atoms with Crippen LogP contribution in [0.4, 0.5) is 0 Å². The zero-order valence-corrected chi connectivity index (χ0v) is 9.43. The zero-order valence-electron chi connectivity index (χ0n) is 9.43. The highest BCUT2D eigenvalue weighted by Crippen LogP contribution is 2.12. The lowest BCUT2D eigenvalue weighted by molar-refractivity contribution is -0.134. The number of furan rings is 1. The quantitative estimate of drug-likeness (QED) is 0.644. The summed E-state index contributed by atoms with van der Waals surface area (Å²) in [7, 11) is 0. The van der Waals surface area contributed by atoms with Gasteiger partial charge in [-0.15, -0.1) is 0 Å². The second-order valence-electron chi connectivity index (χ2n) is 3.96. The van der Waals surface area contributed by atoms with Crippen LogP contribution < -0.4 is 10.6 Å². The van der Waals surface area contributed by atoms with E-state index in [0.29, 0.717) is 12.0 Å². The molecular formula is C11H12N2O5. The van der Waals surface area contributed by atoms with Crippen LogP contribution in [-0.4, -0.2) is 28.9 Å². The summed E-state index contributed by atoms with van der Waals surface area (Å²) in [5.41, 5.74) is 0.465. The molecule has 1 aliphatic rings. The summed E-state index contributed by atoms with van der Waals surface area (Å²) < 4.78 is 4.82. The molecule has 1 aromatic rings. The van der Waals surface area contributed by atoms with Crippen molar-refractivity contribution in [3.05, 3.63) is 23.7 Å². The minimum absolute atomic E-state index is 0.144. The molecule has 1 saturated heterocycles. The number of carboxylic acid groups (broad SMARTS) is 1. The second kappa shape index (κ2) is 5.01. The van der Waals surface area contributed by atoms with Gasteiger partial charge in [0.05, 0.1) is 12.3 Å². The Labute approximate surface area is 102 Å². The number of carbonyl (C=O) groups is 3. The van der Waals surface area contributed by atoms with Crippen LogP contribution >= 0.6 is 0 Å². The highest BCUT2D eigenvalue weighted by atomic mass is 16.4. The summed E-state index contributed by atoms with van der Waals surface area (Å²) in [5, 5.41) is 14.0. The number of nitrogens with one attached hydrogen (secondary N) is 2. The van der Waals surface area contributed by atoms with Crippen LogP contribution in [0.2, 0.25) is 0 Å². The molecule has 1 aliphatic heterocycles. The van der Waals surface area contributed by atoms with Crippen LogP contribution in [0.25, 0.3) is 0 Å². The van der Waals surface area contributed by atoms with Crippen molar-refractivity contribution >= 4 is 17.8 Å². The summed E-state index contributed by atoms with van der Waals surface area (Å²) in [6, 6.07) is 1.04. The number of rotatable bonds is 4. The molecule has 1 atom stereocenters. The Morgan fingerprint density at radius 1 is 1.56 bits per heavy atom. The fourth-order valence-corrected chi connectivity index (χ4v) is 1.78. The molecule has 3 N–H and O–H groups in total. The normalized spacial score (nSPS) is 19.7. The van der Waals surface area contributed by atoms with E-state index in [0.717, 1.165) is 0 Å². The van der Waals surface area contributed by atoms with E-state index in [-0.39, 0.29) is 30.5 Å². The van der Waals surface area contributed by atoms with Crippen molar-refractivity contribution in [3.8, 4) is 0 Å². The van der Waals surface area contributed by atoms with Gasteiger partial charge < -0.3 is 14.8 Å². The van der Waals surface area contributed by atoms with Gasteiger partial charge in [-0.05, 0) is 12.5 Å². The Kier molecular flexibility index (Phi) is 3.42. The van der Waals surface area contributed by atoms with Gasteiger partial charge in [0.25, 0.3) is 0 Å². The molecule has 7 nitrogen and oxygen atoms in total. The Morgan fingerprint density at radius 2 is 2.33 bits per heavy atom. The number of carbonyl (C=O) groups excluding carboxylic acids is 2. The Bertz CT molecular complexity index is 493. The molecule has 0 radical (unpaired) electrons. The second-order valence-corrected chi connectivity index (χ2v) is 3.96. The topological polar surface area (TPSA) is 109 Å². The smallest absolute Gasteiger partial charge is 0.372 e. The number of hydrogen-bond acceptors (Lipinski definition) is 5. The van der Waals surface area contributed by atoms with Gasteiger partial charge >= 0.3 is 5.97 Å². The first-order valence-electron chi connectivity index (χ1n) is 5.44. The maximum Gasteiger partial charge on any atom is 0.372 e. The number of hydrogen-bond donors (Lipinski definition) is 3.